The molecule has 1 heterocycles. The summed E-state index contributed by atoms with van der Waals surface area (Å²) in [6, 6.07) is 0. The van der Waals surface area contributed by atoms with Crippen LogP contribution in [0.4, 0.5) is 13.2 Å². The molecule has 1 aliphatic carbocycles. The third-order valence-electron chi connectivity index (χ3n) is 4.72. The van der Waals surface area contributed by atoms with Crippen LogP contribution in [0.3, 0.4) is 0 Å². The van der Waals surface area contributed by atoms with Gasteiger partial charge in [-0.1, -0.05) is 6.92 Å². The lowest BCUT2D eigenvalue weighted by Gasteiger charge is -2.37. The number of nitrogens with zero attached hydrogens (tertiary/aromatic N) is 1. The highest BCUT2D eigenvalue weighted by Gasteiger charge is 2.43. The summed E-state index contributed by atoms with van der Waals surface area (Å²) in [5.41, 5.74) is 0. The van der Waals surface area contributed by atoms with Crippen LogP contribution in [0.2, 0.25) is 0 Å². The van der Waals surface area contributed by atoms with Gasteiger partial charge in [0.1, 0.15) is 0 Å². The lowest BCUT2D eigenvalue weighted by atomic mass is 9.80. The molecule has 1 saturated heterocycles. The van der Waals surface area contributed by atoms with E-state index in [0.29, 0.717) is 31.8 Å². The molecule has 6 heteroatoms. The molecule has 2 nitrogen and oxygen atoms in total. The van der Waals surface area contributed by atoms with E-state index in [0.717, 1.165) is 6.42 Å². The van der Waals surface area contributed by atoms with Crippen molar-refractivity contribution in [3.8, 4) is 0 Å². The van der Waals surface area contributed by atoms with Gasteiger partial charge >= 0.3 is 6.18 Å². The first-order valence-corrected chi connectivity index (χ1v) is 7.72. The standard InChI is InChI=1S/C14H21ClF3NO/c1-9-6-7-19(8-12(9)15)13(20)10-2-4-11(5-3-10)14(16,17)18/h9-12H,2-8H2,1H3. The second kappa shape index (κ2) is 6.12. The van der Waals surface area contributed by atoms with Gasteiger partial charge in [-0.15, -0.1) is 11.6 Å². The third kappa shape index (κ3) is 3.60. The van der Waals surface area contributed by atoms with Gasteiger partial charge in [-0.25, -0.2) is 0 Å². The minimum Gasteiger partial charge on any atom is -0.341 e. The quantitative estimate of drug-likeness (QED) is 0.674. The highest BCUT2D eigenvalue weighted by atomic mass is 35.5. The van der Waals surface area contributed by atoms with Gasteiger partial charge in [0, 0.05) is 19.0 Å². The Morgan fingerprint density at radius 2 is 1.75 bits per heavy atom. The minimum atomic E-state index is -4.12. The van der Waals surface area contributed by atoms with Crippen LogP contribution in [0.25, 0.3) is 0 Å². The zero-order valence-corrected chi connectivity index (χ0v) is 12.4. The SMILES string of the molecule is CC1CCN(C(=O)C2CCC(C(F)(F)F)CC2)CC1Cl. The second-order valence-electron chi connectivity index (χ2n) is 6.16. The normalized spacial score (nSPS) is 36.0. The van der Waals surface area contributed by atoms with Gasteiger partial charge in [-0.2, -0.15) is 13.2 Å². The lowest BCUT2D eigenvalue weighted by molar-refractivity contribution is -0.185. The van der Waals surface area contributed by atoms with Crippen molar-refractivity contribution >= 4 is 17.5 Å². The number of hydrogen-bond donors (Lipinski definition) is 0. The average Bonchev–Trinajstić information content (AvgIpc) is 2.40. The zero-order valence-electron chi connectivity index (χ0n) is 11.6. The van der Waals surface area contributed by atoms with Crippen molar-refractivity contribution in [2.75, 3.05) is 13.1 Å². The largest absolute Gasteiger partial charge is 0.391 e. The van der Waals surface area contributed by atoms with Crippen LogP contribution in [0.1, 0.15) is 39.0 Å². The van der Waals surface area contributed by atoms with E-state index in [1.165, 1.54) is 0 Å². The summed E-state index contributed by atoms with van der Waals surface area (Å²) in [5, 5.41) is -0.0424. The third-order valence-corrected chi connectivity index (χ3v) is 5.29. The summed E-state index contributed by atoms with van der Waals surface area (Å²) in [6.45, 7) is 3.27. The molecule has 2 aliphatic rings. The van der Waals surface area contributed by atoms with Gasteiger partial charge in [0.25, 0.3) is 0 Å². The summed E-state index contributed by atoms with van der Waals surface area (Å²) in [7, 11) is 0. The molecule has 0 aromatic rings. The fraction of sp³-hybridized carbons (Fsp3) is 0.929. The van der Waals surface area contributed by atoms with Crippen LogP contribution in [0.5, 0.6) is 0 Å². The maximum Gasteiger partial charge on any atom is 0.391 e. The van der Waals surface area contributed by atoms with E-state index in [-0.39, 0.29) is 30.0 Å². The van der Waals surface area contributed by atoms with Gasteiger partial charge in [-0.3, -0.25) is 4.79 Å². The number of likely N-dealkylation sites (tertiary alicyclic amines) is 1. The van der Waals surface area contributed by atoms with E-state index in [9.17, 15) is 18.0 Å². The zero-order chi connectivity index (χ0) is 14.9. The highest BCUT2D eigenvalue weighted by molar-refractivity contribution is 6.21. The number of piperidine rings is 1. The maximum atomic E-state index is 12.6. The molecule has 0 spiro atoms. The molecule has 0 aromatic heterocycles. The molecule has 0 N–H and O–H groups in total. The summed E-state index contributed by atoms with van der Waals surface area (Å²) in [6.07, 6.45) is -2.39. The monoisotopic (exact) mass is 311 g/mol. The molecular weight excluding hydrogens is 291 g/mol. The van der Waals surface area contributed by atoms with E-state index in [2.05, 4.69) is 6.92 Å². The summed E-state index contributed by atoms with van der Waals surface area (Å²) in [5.74, 6) is -1.08. The van der Waals surface area contributed by atoms with E-state index < -0.39 is 12.1 Å². The van der Waals surface area contributed by atoms with Crippen LogP contribution in [0, 0.1) is 17.8 Å². The van der Waals surface area contributed by atoms with Gasteiger partial charge in [-0.05, 0) is 38.0 Å². The highest BCUT2D eigenvalue weighted by Crippen LogP contribution is 2.40. The fourth-order valence-corrected chi connectivity index (χ4v) is 3.44. The average molecular weight is 312 g/mol. The topological polar surface area (TPSA) is 20.3 Å². The Labute approximate surface area is 122 Å². The molecule has 2 unspecified atom stereocenters. The number of hydrogen-bond acceptors (Lipinski definition) is 1. The van der Waals surface area contributed by atoms with Gasteiger partial charge in [0.05, 0.1) is 11.3 Å². The molecule has 1 aliphatic heterocycles. The number of alkyl halides is 4. The number of rotatable bonds is 1. The first-order valence-electron chi connectivity index (χ1n) is 7.28. The van der Waals surface area contributed by atoms with Crippen molar-refractivity contribution in [1.29, 1.82) is 0 Å². The smallest absolute Gasteiger partial charge is 0.341 e. The Morgan fingerprint density at radius 1 is 1.15 bits per heavy atom. The van der Waals surface area contributed by atoms with E-state index in [1.54, 1.807) is 4.90 Å². The van der Waals surface area contributed by atoms with Crippen molar-refractivity contribution in [1.82, 2.24) is 4.90 Å². The molecule has 0 radical (unpaired) electrons. The Hall–Kier alpha value is -0.450. The van der Waals surface area contributed by atoms with Crippen LogP contribution < -0.4 is 0 Å². The minimum absolute atomic E-state index is 0.00294. The van der Waals surface area contributed by atoms with Gasteiger partial charge in [0.2, 0.25) is 5.91 Å². The van der Waals surface area contributed by atoms with Crippen molar-refractivity contribution in [2.45, 2.75) is 50.6 Å². The predicted molar refractivity (Wildman–Crippen MR) is 71.5 cm³/mol. The first kappa shape index (κ1) is 15.9. The molecular formula is C14H21ClF3NO. The van der Waals surface area contributed by atoms with E-state index in [4.69, 9.17) is 11.6 Å². The summed E-state index contributed by atoms with van der Waals surface area (Å²) >= 11 is 6.19. The maximum absolute atomic E-state index is 12.6. The molecule has 0 bridgehead atoms. The van der Waals surface area contributed by atoms with Crippen molar-refractivity contribution < 1.29 is 18.0 Å². The van der Waals surface area contributed by atoms with E-state index >= 15 is 0 Å². The second-order valence-corrected chi connectivity index (χ2v) is 6.72. The summed E-state index contributed by atoms with van der Waals surface area (Å²) < 4.78 is 37.8. The molecule has 0 aromatic carbocycles. The van der Waals surface area contributed by atoms with Crippen LogP contribution in [-0.2, 0) is 4.79 Å². The number of halogens is 4. The molecule has 2 rings (SSSR count). The molecule has 1 amide bonds. The van der Waals surface area contributed by atoms with Crippen LogP contribution in [0.15, 0.2) is 0 Å². The Morgan fingerprint density at radius 3 is 2.25 bits per heavy atom. The van der Waals surface area contributed by atoms with E-state index in [1.807, 2.05) is 0 Å². The Bertz CT molecular complexity index is 353. The van der Waals surface area contributed by atoms with Crippen molar-refractivity contribution in [2.24, 2.45) is 17.8 Å². The number of carbonyl (C=O) groups excluding carboxylic acids is 1. The molecule has 116 valence electrons. The summed E-state index contributed by atoms with van der Waals surface area (Å²) in [4.78, 5) is 14.1. The molecule has 1 saturated carbocycles. The van der Waals surface area contributed by atoms with Gasteiger partial charge < -0.3 is 4.90 Å². The Balaban J connectivity index is 1.86. The Kier molecular flexibility index (Phi) is 4.88. The van der Waals surface area contributed by atoms with Crippen LogP contribution >= 0.6 is 11.6 Å². The van der Waals surface area contributed by atoms with Crippen molar-refractivity contribution in [3.63, 3.8) is 0 Å². The van der Waals surface area contributed by atoms with Crippen molar-refractivity contribution in [3.05, 3.63) is 0 Å². The fourth-order valence-electron chi connectivity index (χ4n) is 3.15. The lowest BCUT2D eigenvalue weighted by Crippen LogP contribution is -2.47. The predicted octanol–water partition coefficient (Wildman–Crippen LogP) is 3.83. The molecule has 20 heavy (non-hydrogen) atoms. The molecule has 2 fully saturated rings. The molecule has 2 atom stereocenters. The van der Waals surface area contributed by atoms with Gasteiger partial charge in [0.15, 0.2) is 0 Å². The van der Waals surface area contributed by atoms with Crippen LogP contribution in [-0.4, -0.2) is 35.4 Å². The number of carbonyl (C=O) groups is 1. The number of amides is 1. The first-order chi connectivity index (χ1) is 9.29.